The predicted molar refractivity (Wildman–Crippen MR) is 75.0 cm³/mol. The third kappa shape index (κ3) is 4.32. The van der Waals surface area contributed by atoms with Crippen molar-refractivity contribution in [2.75, 3.05) is 6.79 Å². The lowest BCUT2D eigenvalue weighted by atomic mass is 10.1. The van der Waals surface area contributed by atoms with Crippen molar-refractivity contribution in [1.29, 1.82) is 0 Å². The Kier molecular flexibility index (Phi) is 6.12. The van der Waals surface area contributed by atoms with Gasteiger partial charge in [-0.05, 0) is 37.2 Å². The van der Waals surface area contributed by atoms with Crippen molar-refractivity contribution < 1.29 is 9.47 Å². The van der Waals surface area contributed by atoms with E-state index in [1.54, 1.807) is 6.20 Å². The molecule has 3 nitrogen and oxygen atoms in total. The summed E-state index contributed by atoms with van der Waals surface area (Å²) in [7, 11) is 0. The van der Waals surface area contributed by atoms with E-state index in [9.17, 15) is 0 Å². The van der Waals surface area contributed by atoms with Crippen LogP contribution in [0.1, 0.15) is 32.8 Å². The molecule has 1 aromatic carbocycles. The molecule has 0 bridgehead atoms. The van der Waals surface area contributed by atoms with Gasteiger partial charge in [-0.25, -0.2) is 0 Å². The Hall–Kier alpha value is -1.64. The maximum atomic E-state index is 5.32. The molecule has 0 fully saturated rings. The third-order valence-electron chi connectivity index (χ3n) is 2.38. The van der Waals surface area contributed by atoms with E-state index in [0.29, 0.717) is 12.8 Å². The van der Waals surface area contributed by atoms with Crippen molar-refractivity contribution in [1.82, 2.24) is 5.32 Å². The molecule has 1 N–H and O–H groups in total. The molecule has 2 rings (SSSR count). The fourth-order valence-electron chi connectivity index (χ4n) is 1.68. The van der Waals surface area contributed by atoms with Gasteiger partial charge in [-0.3, -0.25) is 0 Å². The Bertz CT molecular complexity index is 377. The van der Waals surface area contributed by atoms with Crippen molar-refractivity contribution in [2.45, 2.75) is 39.7 Å². The Morgan fingerprint density at radius 2 is 2.00 bits per heavy atom. The van der Waals surface area contributed by atoms with Crippen LogP contribution in [0.4, 0.5) is 0 Å². The molecule has 1 aliphatic rings. The van der Waals surface area contributed by atoms with Gasteiger partial charge in [-0.1, -0.05) is 32.9 Å². The molecule has 0 saturated carbocycles. The van der Waals surface area contributed by atoms with Crippen molar-refractivity contribution >= 4 is 0 Å². The van der Waals surface area contributed by atoms with Crippen LogP contribution in [-0.4, -0.2) is 12.8 Å². The van der Waals surface area contributed by atoms with Crippen LogP contribution in [0.3, 0.4) is 0 Å². The Morgan fingerprint density at radius 1 is 1.33 bits per heavy atom. The molecule has 1 unspecified atom stereocenters. The smallest absolute Gasteiger partial charge is 0.231 e. The fraction of sp³-hybridized carbons (Fsp3) is 0.467. The highest BCUT2D eigenvalue weighted by molar-refractivity contribution is 5.44. The molecule has 0 amide bonds. The zero-order chi connectivity index (χ0) is 13.4. The van der Waals surface area contributed by atoms with Crippen LogP contribution in [0.5, 0.6) is 11.5 Å². The van der Waals surface area contributed by atoms with E-state index in [0.717, 1.165) is 17.9 Å². The van der Waals surface area contributed by atoms with E-state index in [1.807, 2.05) is 12.1 Å². The van der Waals surface area contributed by atoms with Crippen molar-refractivity contribution in [3.05, 3.63) is 36.5 Å². The van der Waals surface area contributed by atoms with Gasteiger partial charge in [0.25, 0.3) is 0 Å². The number of ether oxygens (including phenoxy) is 2. The second kappa shape index (κ2) is 7.64. The van der Waals surface area contributed by atoms with Crippen molar-refractivity contribution in [3.63, 3.8) is 0 Å². The largest absolute Gasteiger partial charge is 0.454 e. The monoisotopic (exact) mass is 249 g/mol. The van der Waals surface area contributed by atoms with Crippen LogP contribution in [0, 0.1) is 0 Å². The lowest BCUT2D eigenvalue weighted by molar-refractivity contribution is 0.174. The minimum atomic E-state index is 0.333. The molecule has 18 heavy (non-hydrogen) atoms. The lowest BCUT2D eigenvalue weighted by Gasteiger charge is -2.11. The molecule has 3 heteroatoms. The van der Waals surface area contributed by atoms with Crippen LogP contribution in [0.25, 0.3) is 0 Å². The normalized spacial score (nSPS) is 13.3. The van der Waals surface area contributed by atoms with Crippen molar-refractivity contribution in [3.8, 4) is 11.5 Å². The molecule has 100 valence electrons. The van der Waals surface area contributed by atoms with Gasteiger partial charge in [0.2, 0.25) is 6.79 Å². The quantitative estimate of drug-likeness (QED) is 0.886. The van der Waals surface area contributed by atoms with Gasteiger partial charge in [-0.2, -0.15) is 0 Å². The summed E-state index contributed by atoms with van der Waals surface area (Å²) in [5.41, 5.74) is 1.24. The van der Waals surface area contributed by atoms with E-state index in [-0.39, 0.29) is 0 Å². The topological polar surface area (TPSA) is 30.5 Å². The second-order valence-electron chi connectivity index (χ2n) is 4.37. The van der Waals surface area contributed by atoms with Gasteiger partial charge in [0, 0.05) is 6.04 Å². The standard InChI is InChI=1S/C12H15NO2.C3H8/c1-3-13-9(2)6-10-4-5-11-12(7-10)15-8-14-11;1-3-2/h3-5,7,9,13H,1,6,8H2,2H3;3H2,1-2H3. The number of benzene rings is 1. The zero-order valence-corrected chi connectivity index (χ0v) is 11.5. The maximum Gasteiger partial charge on any atom is 0.231 e. The minimum absolute atomic E-state index is 0.333. The molecule has 1 aromatic rings. The molecule has 0 saturated heterocycles. The van der Waals surface area contributed by atoms with Crippen LogP contribution in [-0.2, 0) is 6.42 Å². The van der Waals surface area contributed by atoms with Crippen LogP contribution in [0.15, 0.2) is 31.0 Å². The number of rotatable bonds is 4. The van der Waals surface area contributed by atoms with Crippen LogP contribution in [0.2, 0.25) is 0 Å². The van der Waals surface area contributed by atoms with Gasteiger partial charge >= 0.3 is 0 Å². The first-order valence-corrected chi connectivity index (χ1v) is 6.46. The third-order valence-corrected chi connectivity index (χ3v) is 2.38. The SMILES string of the molecule is C=CNC(C)Cc1ccc2c(c1)OCO2.CCC. The summed E-state index contributed by atoms with van der Waals surface area (Å²) in [6, 6.07) is 6.43. The lowest BCUT2D eigenvalue weighted by Crippen LogP contribution is -2.22. The average molecular weight is 249 g/mol. The fourth-order valence-corrected chi connectivity index (χ4v) is 1.68. The number of hydrogen-bond acceptors (Lipinski definition) is 3. The zero-order valence-electron chi connectivity index (χ0n) is 11.5. The Balaban J connectivity index is 0.000000492. The highest BCUT2D eigenvalue weighted by Crippen LogP contribution is 2.32. The highest BCUT2D eigenvalue weighted by Gasteiger charge is 2.13. The van der Waals surface area contributed by atoms with E-state index in [2.05, 4.69) is 38.7 Å². The summed E-state index contributed by atoms with van der Waals surface area (Å²) in [5.74, 6) is 1.68. The molecule has 1 aliphatic heterocycles. The molecule has 1 atom stereocenters. The maximum absolute atomic E-state index is 5.32. The summed E-state index contributed by atoms with van der Waals surface area (Å²) in [6.45, 7) is 10.3. The highest BCUT2D eigenvalue weighted by atomic mass is 16.7. The molecule has 0 radical (unpaired) electrons. The van der Waals surface area contributed by atoms with Gasteiger partial charge in [-0.15, -0.1) is 0 Å². The van der Waals surface area contributed by atoms with E-state index < -0.39 is 0 Å². The summed E-state index contributed by atoms with van der Waals surface area (Å²) < 4.78 is 10.6. The number of nitrogens with one attached hydrogen (secondary N) is 1. The van der Waals surface area contributed by atoms with Gasteiger partial charge in [0.15, 0.2) is 11.5 Å². The van der Waals surface area contributed by atoms with E-state index in [4.69, 9.17) is 9.47 Å². The first-order valence-electron chi connectivity index (χ1n) is 6.46. The molecule has 0 spiro atoms. The molecule has 0 aliphatic carbocycles. The van der Waals surface area contributed by atoms with Crippen LogP contribution < -0.4 is 14.8 Å². The second-order valence-corrected chi connectivity index (χ2v) is 4.37. The van der Waals surface area contributed by atoms with Crippen molar-refractivity contribution in [2.24, 2.45) is 0 Å². The first-order chi connectivity index (χ1) is 8.71. The predicted octanol–water partition coefficient (Wildman–Crippen LogP) is 3.50. The van der Waals surface area contributed by atoms with Gasteiger partial charge in [0.05, 0.1) is 0 Å². The summed E-state index contributed by atoms with van der Waals surface area (Å²) in [4.78, 5) is 0. The summed E-state index contributed by atoms with van der Waals surface area (Å²) in [5, 5.41) is 3.15. The number of hydrogen-bond donors (Lipinski definition) is 1. The van der Waals surface area contributed by atoms with E-state index >= 15 is 0 Å². The summed E-state index contributed by atoms with van der Waals surface area (Å²) in [6.07, 6.45) is 3.92. The molecular formula is C15H23NO2. The molecule has 1 heterocycles. The number of fused-ring (bicyclic) bond motifs is 1. The average Bonchev–Trinajstić information content (AvgIpc) is 2.77. The Morgan fingerprint density at radius 3 is 2.67 bits per heavy atom. The van der Waals surface area contributed by atoms with E-state index in [1.165, 1.54) is 12.0 Å². The Labute approximate surface area is 110 Å². The summed E-state index contributed by atoms with van der Waals surface area (Å²) >= 11 is 0. The van der Waals surface area contributed by atoms with Gasteiger partial charge in [0.1, 0.15) is 0 Å². The first kappa shape index (κ1) is 14.4. The van der Waals surface area contributed by atoms with Gasteiger partial charge < -0.3 is 14.8 Å². The molecule has 0 aromatic heterocycles. The minimum Gasteiger partial charge on any atom is -0.454 e. The molecular weight excluding hydrogens is 226 g/mol. The van der Waals surface area contributed by atoms with Crippen LogP contribution >= 0.6 is 0 Å².